The third-order valence-corrected chi connectivity index (χ3v) is 4.73. The highest BCUT2D eigenvalue weighted by molar-refractivity contribution is 6.35. The van der Waals surface area contributed by atoms with E-state index in [1.807, 2.05) is 42.5 Å². The van der Waals surface area contributed by atoms with E-state index in [0.29, 0.717) is 33.4 Å². The van der Waals surface area contributed by atoms with Crippen LogP contribution in [0.1, 0.15) is 0 Å². The predicted octanol–water partition coefficient (Wildman–Crippen LogP) is 5.54. The standard InChI is InChI=1S/C23H15ClN2O3/c24-22-18(16-7-6-15-8-11-21(27)26-19(15)14-16)9-10-20(28-13-12-25)23(22)29-17-4-2-1-3-5-17/h1-11,14H,13H2,(H,26,27). The number of fused-ring (bicyclic) bond motifs is 1. The maximum absolute atomic E-state index is 11.7. The van der Waals surface area contributed by atoms with Gasteiger partial charge in [0.25, 0.3) is 0 Å². The normalized spacial score (nSPS) is 10.5. The van der Waals surface area contributed by atoms with Crippen molar-refractivity contribution in [3.63, 3.8) is 0 Å². The van der Waals surface area contributed by atoms with Crippen LogP contribution < -0.4 is 15.0 Å². The number of hydrogen-bond donors (Lipinski definition) is 1. The Morgan fingerprint density at radius 2 is 1.79 bits per heavy atom. The molecule has 0 saturated carbocycles. The van der Waals surface area contributed by atoms with Gasteiger partial charge in [0.15, 0.2) is 18.1 Å². The Kier molecular flexibility index (Phi) is 5.19. The van der Waals surface area contributed by atoms with Crippen molar-refractivity contribution in [2.24, 2.45) is 0 Å². The van der Waals surface area contributed by atoms with E-state index in [9.17, 15) is 4.79 Å². The summed E-state index contributed by atoms with van der Waals surface area (Å²) in [4.78, 5) is 14.5. The molecule has 1 heterocycles. The van der Waals surface area contributed by atoms with Gasteiger partial charge in [-0.1, -0.05) is 41.9 Å². The van der Waals surface area contributed by atoms with E-state index in [1.54, 1.807) is 30.3 Å². The van der Waals surface area contributed by atoms with Gasteiger partial charge in [0, 0.05) is 17.1 Å². The van der Waals surface area contributed by atoms with Crippen molar-refractivity contribution >= 4 is 22.5 Å². The minimum absolute atomic E-state index is 0.127. The molecule has 142 valence electrons. The van der Waals surface area contributed by atoms with Crippen molar-refractivity contribution in [3.05, 3.63) is 88.2 Å². The Hall–Kier alpha value is -3.75. The fraction of sp³-hybridized carbons (Fsp3) is 0.0435. The van der Waals surface area contributed by atoms with Crippen LogP contribution in [0.3, 0.4) is 0 Å². The summed E-state index contributed by atoms with van der Waals surface area (Å²) in [5, 5.41) is 10.1. The first-order chi connectivity index (χ1) is 14.2. The van der Waals surface area contributed by atoms with Gasteiger partial charge in [-0.2, -0.15) is 5.26 Å². The van der Waals surface area contributed by atoms with Crippen molar-refractivity contribution in [2.45, 2.75) is 0 Å². The van der Waals surface area contributed by atoms with Gasteiger partial charge < -0.3 is 14.5 Å². The molecule has 5 nitrogen and oxygen atoms in total. The Morgan fingerprint density at radius 1 is 1.00 bits per heavy atom. The molecule has 3 aromatic carbocycles. The van der Waals surface area contributed by atoms with Crippen molar-refractivity contribution in [1.29, 1.82) is 5.26 Å². The summed E-state index contributed by atoms with van der Waals surface area (Å²) in [6, 6.07) is 23.6. The molecule has 0 radical (unpaired) electrons. The number of rotatable bonds is 5. The van der Waals surface area contributed by atoms with Crippen LogP contribution >= 0.6 is 11.6 Å². The number of nitrogens with zero attached hydrogens (tertiary/aromatic N) is 1. The molecule has 0 spiro atoms. The highest BCUT2D eigenvalue weighted by Gasteiger charge is 2.17. The van der Waals surface area contributed by atoms with Gasteiger partial charge in [0.05, 0.1) is 5.02 Å². The molecule has 4 aromatic rings. The summed E-state index contributed by atoms with van der Waals surface area (Å²) in [6.07, 6.45) is 0. The number of benzene rings is 3. The van der Waals surface area contributed by atoms with Gasteiger partial charge in [-0.25, -0.2) is 0 Å². The number of aromatic amines is 1. The van der Waals surface area contributed by atoms with Crippen LogP contribution in [0, 0.1) is 11.3 Å². The second kappa shape index (κ2) is 8.09. The van der Waals surface area contributed by atoms with Gasteiger partial charge >= 0.3 is 0 Å². The number of nitrogens with one attached hydrogen (secondary N) is 1. The molecule has 0 aliphatic carbocycles. The molecule has 0 atom stereocenters. The predicted molar refractivity (Wildman–Crippen MR) is 113 cm³/mol. The SMILES string of the molecule is N#CCOc1ccc(-c2ccc3ccc(=O)[nH]c3c2)c(Cl)c1Oc1ccccc1. The Morgan fingerprint density at radius 3 is 2.59 bits per heavy atom. The molecule has 1 N–H and O–H groups in total. The molecule has 0 amide bonds. The van der Waals surface area contributed by atoms with Crippen LogP contribution in [0.5, 0.6) is 17.2 Å². The molecular formula is C23H15ClN2O3. The van der Waals surface area contributed by atoms with Crippen LogP contribution in [0.2, 0.25) is 5.02 Å². The van der Waals surface area contributed by atoms with Gasteiger partial charge in [0.1, 0.15) is 11.8 Å². The topological polar surface area (TPSA) is 75.1 Å². The van der Waals surface area contributed by atoms with E-state index in [0.717, 1.165) is 10.9 Å². The fourth-order valence-electron chi connectivity index (χ4n) is 3.00. The van der Waals surface area contributed by atoms with E-state index >= 15 is 0 Å². The minimum atomic E-state index is -0.172. The van der Waals surface area contributed by atoms with Crippen LogP contribution in [-0.4, -0.2) is 11.6 Å². The first-order valence-corrected chi connectivity index (χ1v) is 9.22. The van der Waals surface area contributed by atoms with Crippen LogP contribution in [0.15, 0.2) is 77.6 Å². The molecule has 0 fully saturated rings. The van der Waals surface area contributed by atoms with E-state index < -0.39 is 0 Å². The van der Waals surface area contributed by atoms with Gasteiger partial charge in [-0.05, 0) is 47.3 Å². The molecule has 0 aliphatic heterocycles. The number of pyridine rings is 1. The van der Waals surface area contributed by atoms with Crippen molar-refractivity contribution in [1.82, 2.24) is 4.98 Å². The summed E-state index contributed by atoms with van der Waals surface area (Å²) >= 11 is 6.70. The Balaban J connectivity index is 1.83. The van der Waals surface area contributed by atoms with Gasteiger partial charge in [-0.15, -0.1) is 0 Å². The quantitative estimate of drug-likeness (QED) is 0.475. The maximum Gasteiger partial charge on any atom is 0.248 e. The van der Waals surface area contributed by atoms with Gasteiger partial charge in [0.2, 0.25) is 5.56 Å². The van der Waals surface area contributed by atoms with Gasteiger partial charge in [-0.3, -0.25) is 4.79 Å². The number of aromatic nitrogens is 1. The van der Waals surface area contributed by atoms with E-state index in [2.05, 4.69) is 4.98 Å². The summed E-state index contributed by atoms with van der Waals surface area (Å²) in [7, 11) is 0. The zero-order valence-electron chi connectivity index (χ0n) is 15.2. The number of para-hydroxylation sites is 1. The van der Waals surface area contributed by atoms with Crippen molar-refractivity contribution in [2.75, 3.05) is 6.61 Å². The summed E-state index contributed by atoms with van der Waals surface area (Å²) in [6.45, 7) is -0.127. The van der Waals surface area contributed by atoms with Crippen molar-refractivity contribution < 1.29 is 9.47 Å². The lowest BCUT2D eigenvalue weighted by atomic mass is 10.0. The minimum Gasteiger partial charge on any atom is -0.475 e. The molecule has 29 heavy (non-hydrogen) atoms. The molecule has 0 bridgehead atoms. The van der Waals surface area contributed by atoms with Crippen molar-refractivity contribution in [3.8, 4) is 34.4 Å². The highest BCUT2D eigenvalue weighted by atomic mass is 35.5. The maximum atomic E-state index is 11.7. The fourth-order valence-corrected chi connectivity index (χ4v) is 3.31. The summed E-state index contributed by atoms with van der Waals surface area (Å²) in [5.74, 6) is 1.29. The lowest BCUT2D eigenvalue weighted by molar-refractivity contribution is 0.344. The number of halogens is 1. The molecule has 0 saturated heterocycles. The van der Waals surface area contributed by atoms with Crippen LogP contribution in [-0.2, 0) is 0 Å². The zero-order chi connectivity index (χ0) is 20.2. The molecule has 4 rings (SSSR count). The first-order valence-electron chi connectivity index (χ1n) is 8.84. The first kappa shape index (κ1) is 18.6. The molecule has 0 aliphatic rings. The van der Waals surface area contributed by atoms with E-state index in [-0.39, 0.29) is 12.2 Å². The number of hydrogen-bond acceptors (Lipinski definition) is 4. The van der Waals surface area contributed by atoms with E-state index in [4.69, 9.17) is 26.3 Å². The average molecular weight is 403 g/mol. The third kappa shape index (κ3) is 3.93. The van der Waals surface area contributed by atoms with Crippen LogP contribution in [0.4, 0.5) is 0 Å². The molecular weight excluding hydrogens is 388 g/mol. The Labute approximate surface area is 171 Å². The largest absolute Gasteiger partial charge is 0.475 e. The monoisotopic (exact) mass is 402 g/mol. The number of ether oxygens (including phenoxy) is 2. The number of nitriles is 1. The lowest BCUT2D eigenvalue weighted by Gasteiger charge is -2.16. The number of H-pyrrole nitrogens is 1. The second-order valence-electron chi connectivity index (χ2n) is 6.24. The summed E-state index contributed by atoms with van der Waals surface area (Å²) < 4.78 is 11.5. The second-order valence-corrected chi connectivity index (χ2v) is 6.62. The zero-order valence-corrected chi connectivity index (χ0v) is 15.9. The Bertz CT molecular complexity index is 1280. The summed E-state index contributed by atoms with van der Waals surface area (Å²) in [5.41, 5.74) is 2.07. The van der Waals surface area contributed by atoms with E-state index in [1.165, 1.54) is 6.07 Å². The van der Waals surface area contributed by atoms with Crippen LogP contribution in [0.25, 0.3) is 22.0 Å². The highest BCUT2D eigenvalue weighted by Crippen LogP contribution is 2.44. The average Bonchev–Trinajstić information content (AvgIpc) is 2.74. The lowest BCUT2D eigenvalue weighted by Crippen LogP contribution is -2.02. The molecule has 0 unspecified atom stereocenters. The third-order valence-electron chi connectivity index (χ3n) is 4.35. The smallest absolute Gasteiger partial charge is 0.248 e. The molecule has 1 aromatic heterocycles. The molecule has 6 heteroatoms.